The number of benzene rings is 1. The lowest BCUT2D eigenvalue weighted by molar-refractivity contribution is 0.0952. The van der Waals surface area contributed by atoms with Gasteiger partial charge in [-0.1, -0.05) is 0 Å². The molecule has 0 bridgehead atoms. The molecule has 116 valence electrons. The fourth-order valence-electron chi connectivity index (χ4n) is 2.19. The van der Waals surface area contributed by atoms with Gasteiger partial charge in [-0.25, -0.2) is 0 Å². The van der Waals surface area contributed by atoms with Crippen molar-refractivity contribution in [3.8, 4) is 11.5 Å². The predicted molar refractivity (Wildman–Crippen MR) is 84.2 cm³/mol. The lowest BCUT2D eigenvalue weighted by Gasteiger charge is -2.06. The summed E-state index contributed by atoms with van der Waals surface area (Å²) in [6.07, 6.45) is 2.75. The molecule has 2 aromatic rings. The molecule has 0 unspecified atom stereocenters. The highest BCUT2D eigenvalue weighted by molar-refractivity contribution is 9.10. The molecule has 0 atom stereocenters. The number of rotatable bonds is 5. The Kier molecular flexibility index (Phi) is 4.33. The summed E-state index contributed by atoms with van der Waals surface area (Å²) >= 11 is 3.43. The number of ether oxygens (including phenoxy) is 2. The first kappa shape index (κ1) is 14.9. The zero-order valence-electron chi connectivity index (χ0n) is 12.1. The highest BCUT2D eigenvalue weighted by Gasteiger charge is 2.15. The number of nitrogens with zero attached hydrogens (tertiary/aromatic N) is 2. The number of amides is 1. The molecule has 0 radical (unpaired) electrons. The fraction of sp³-hybridized carbons (Fsp3) is 0.333. The predicted octanol–water partition coefficient (Wildman–Crippen LogP) is 2.50. The molecule has 7 heteroatoms. The molecule has 0 fully saturated rings. The molecule has 1 amide bonds. The molecule has 6 nitrogen and oxygen atoms in total. The van der Waals surface area contributed by atoms with Crippen molar-refractivity contribution in [3.63, 3.8) is 0 Å². The highest BCUT2D eigenvalue weighted by atomic mass is 79.9. The standard InChI is InChI=1S/C15H16BrN3O3/c1-10-12(16)8-19(18-10)6-2-5-17-15(20)11-3-4-13-14(7-11)22-9-21-13/h3-4,7-8H,2,5-6,9H2,1H3,(H,17,20). The molecule has 0 spiro atoms. The smallest absolute Gasteiger partial charge is 0.251 e. The van der Waals surface area contributed by atoms with Gasteiger partial charge in [0.2, 0.25) is 6.79 Å². The van der Waals surface area contributed by atoms with Gasteiger partial charge in [0.15, 0.2) is 11.5 Å². The maximum Gasteiger partial charge on any atom is 0.251 e. The SMILES string of the molecule is Cc1nn(CCCNC(=O)c2ccc3c(c2)OCO3)cc1Br. The second-order valence-corrected chi connectivity index (χ2v) is 5.86. The van der Waals surface area contributed by atoms with E-state index in [-0.39, 0.29) is 12.7 Å². The van der Waals surface area contributed by atoms with Crippen molar-refractivity contribution in [2.75, 3.05) is 13.3 Å². The van der Waals surface area contributed by atoms with Crippen LogP contribution in [-0.4, -0.2) is 29.0 Å². The molecule has 1 aromatic heterocycles. The molecule has 1 aliphatic rings. The van der Waals surface area contributed by atoms with E-state index in [0.717, 1.165) is 23.1 Å². The monoisotopic (exact) mass is 365 g/mol. The first-order chi connectivity index (χ1) is 10.6. The molecule has 0 aliphatic carbocycles. The van der Waals surface area contributed by atoms with Gasteiger partial charge >= 0.3 is 0 Å². The van der Waals surface area contributed by atoms with Crippen LogP contribution in [0.25, 0.3) is 0 Å². The number of aromatic nitrogens is 2. The van der Waals surface area contributed by atoms with Crippen LogP contribution in [0.1, 0.15) is 22.5 Å². The quantitative estimate of drug-likeness (QED) is 0.826. The van der Waals surface area contributed by atoms with E-state index in [1.54, 1.807) is 18.2 Å². The zero-order chi connectivity index (χ0) is 15.5. The molecule has 1 N–H and O–H groups in total. The fourth-order valence-corrected chi connectivity index (χ4v) is 2.51. The third-order valence-corrected chi connectivity index (χ3v) is 4.15. The van der Waals surface area contributed by atoms with Crippen LogP contribution in [0.5, 0.6) is 11.5 Å². The minimum atomic E-state index is -0.115. The van der Waals surface area contributed by atoms with Crippen LogP contribution in [-0.2, 0) is 6.54 Å². The minimum Gasteiger partial charge on any atom is -0.454 e. The Labute approximate surface area is 136 Å². The van der Waals surface area contributed by atoms with Crippen molar-refractivity contribution in [2.24, 2.45) is 0 Å². The summed E-state index contributed by atoms with van der Waals surface area (Å²) in [5, 5.41) is 7.24. The van der Waals surface area contributed by atoms with Gasteiger partial charge in [0, 0.05) is 24.8 Å². The van der Waals surface area contributed by atoms with E-state index in [1.165, 1.54) is 0 Å². The third kappa shape index (κ3) is 3.24. The second-order valence-electron chi connectivity index (χ2n) is 5.00. The van der Waals surface area contributed by atoms with Crippen molar-refractivity contribution in [3.05, 3.63) is 40.1 Å². The summed E-state index contributed by atoms with van der Waals surface area (Å²) in [6, 6.07) is 5.18. The Morgan fingerprint density at radius 3 is 3.00 bits per heavy atom. The maximum atomic E-state index is 12.1. The van der Waals surface area contributed by atoms with Crippen LogP contribution < -0.4 is 14.8 Å². The molecule has 3 rings (SSSR count). The zero-order valence-corrected chi connectivity index (χ0v) is 13.7. The third-order valence-electron chi connectivity index (χ3n) is 3.37. The van der Waals surface area contributed by atoms with Crippen LogP contribution in [0.4, 0.5) is 0 Å². The maximum absolute atomic E-state index is 12.1. The molecule has 0 saturated carbocycles. The largest absolute Gasteiger partial charge is 0.454 e. The van der Waals surface area contributed by atoms with Gasteiger partial charge in [0.25, 0.3) is 5.91 Å². The van der Waals surface area contributed by atoms with Gasteiger partial charge in [-0.2, -0.15) is 5.10 Å². The van der Waals surface area contributed by atoms with Crippen LogP contribution in [0.3, 0.4) is 0 Å². The van der Waals surface area contributed by atoms with Gasteiger partial charge < -0.3 is 14.8 Å². The van der Waals surface area contributed by atoms with E-state index >= 15 is 0 Å². The topological polar surface area (TPSA) is 65.4 Å². The Hall–Kier alpha value is -2.02. The molecule has 1 aliphatic heterocycles. The number of fused-ring (bicyclic) bond motifs is 1. The van der Waals surface area contributed by atoms with Crippen LogP contribution in [0.15, 0.2) is 28.9 Å². The highest BCUT2D eigenvalue weighted by Crippen LogP contribution is 2.32. The number of nitrogens with one attached hydrogen (secondary N) is 1. The summed E-state index contributed by atoms with van der Waals surface area (Å²) < 4.78 is 13.4. The van der Waals surface area contributed by atoms with E-state index < -0.39 is 0 Å². The van der Waals surface area contributed by atoms with E-state index in [1.807, 2.05) is 17.8 Å². The van der Waals surface area contributed by atoms with Gasteiger partial charge in [-0.05, 0) is 47.5 Å². The first-order valence-corrected chi connectivity index (χ1v) is 7.80. The van der Waals surface area contributed by atoms with E-state index in [4.69, 9.17) is 9.47 Å². The van der Waals surface area contributed by atoms with E-state index in [9.17, 15) is 4.79 Å². The van der Waals surface area contributed by atoms with Crippen LogP contribution >= 0.6 is 15.9 Å². The Morgan fingerprint density at radius 2 is 2.23 bits per heavy atom. The minimum absolute atomic E-state index is 0.115. The lowest BCUT2D eigenvalue weighted by atomic mass is 10.2. The Bertz CT molecular complexity index is 680. The van der Waals surface area contributed by atoms with Gasteiger partial charge in [-0.3, -0.25) is 9.48 Å². The second kappa shape index (κ2) is 6.39. The summed E-state index contributed by atoms with van der Waals surface area (Å²) in [6.45, 7) is 3.50. The number of halogens is 1. The average Bonchev–Trinajstić information content (AvgIpc) is 3.09. The van der Waals surface area contributed by atoms with Gasteiger partial charge in [-0.15, -0.1) is 0 Å². The van der Waals surface area contributed by atoms with E-state index in [2.05, 4.69) is 26.3 Å². The van der Waals surface area contributed by atoms with Crippen LogP contribution in [0, 0.1) is 6.92 Å². The molecule has 2 heterocycles. The van der Waals surface area contributed by atoms with Crippen molar-refractivity contribution < 1.29 is 14.3 Å². The summed E-state index contributed by atoms with van der Waals surface area (Å²) in [7, 11) is 0. The number of hydrogen-bond donors (Lipinski definition) is 1. The summed E-state index contributed by atoms with van der Waals surface area (Å²) in [5.41, 5.74) is 1.53. The van der Waals surface area contributed by atoms with E-state index in [0.29, 0.717) is 23.6 Å². The average molecular weight is 366 g/mol. The van der Waals surface area contributed by atoms with Crippen molar-refractivity contribution in [1.82, 2.24) is 15.1 Å². The summed E-state index contributed by atoms with van der Waals surface area (Å²) in [5.74, 6) is 1.18. The summed E-state index contributed by atoms with van der Waals surface area (Å²) in [4.78, 5) is 12.1. The molecular weight excluding hydrogens is 350 g/mol. The van der Waals surface area contributed by atoms with Crippen molar-refractivity contribution >= 4 is 21.8 Å². The normalized spacial score (nSPS) is 12.5. The van der Waals surface area contributed by atoms with Crippen molar-refractivity contribution in [1.29, 1.82) is 0 Å². The van der Waals surface area contributed by atoms with Gasteiger partial charge in [0.05, 0.1) is 10.2 Å². The lowest BCUT2D eigenvalue weighted by Crippen LogP contribution is -2.25. The Morgan fingerprint density at radius 1 is 1.41 bits per heavy atom. The number of carbonyl (C=O) groups excluding carboxylic acids is 1. The molecule has 22 heavy (non-hydrogen) atoms. The molecular formula is C15H16BrN3O3. The number of carbonyl (C=O) groups is 1. The molecule has 0 saturated heterocycles. The van der Waals surface area contributed by atoms with Crippen molar-refractivity contribution in [2.45, 2.75) is 19.9 Å². The Balaban J connectivity index is 1.48. The number of aryl methyl sites for hydroxylation is 2. The molecule has 1 aromatic carbocycles. The first-order valence-electron chi connectivity index (χ1n) is 7.01. The number of hydrogen-bond acceptors (Lipinski definition) is 4. The van der Waals surface area contributed by atoms with Gasteiger partial charge in [0.1, 0.15) is 0 Å². The van der Waals surface area contributed by atoms with Crippen LogP contribution in [0.2, 0.25) is 0 Å².